The van der Waals surface area contributed by atoms with Crippen LogP contribution in [0.4, 0.5) is 29.3 Å². The Morgan fingerprint density at radius 1 is 1.00 bits per heavy atom. The molecule has 0 spiro atoms. The molecule has 0 radical (unpaired) electrons. The van der Waals surface area contributed by atoms with Crippen LogP contribution in [0.1, 0.15) is 5.56 Å². The van der Waals surface area contributed by atoms with Crippen molar-refractivity contribution in [2.24, 2.45) is 0 Å². The number of hydrogen-bond acceptors (Lipinski definition) is 3. The second-order valence-corrected chi connectivity index (χ2v) is 6.01. The van der Waals surface area contributed by atoms with E-state index in [0.717, 1.165) is 12.1 Å². The first kappa shape index (κ1) is 19.5. The highest BCUT2D eigenvalue weighted by Gasteiger charge is 2.30. The zero-order chi connectivity index (χ0) is 20.1. The first-order valence-corrected chi connectivity index (χ1v) is 8.33. The Morgan fingerprint density at radius 2 is 1.79 bits per heavy atom. The highest BCUT2D eigenvalue weighted by Crippen LogP contribution is 2.33. The van der Waals surface area contributed by atoms with Crippen molar-refractivity contribution in [1.82, 2.24) is 4.98 Å². The molecule has 1 aromatic heterocycles. The Bertz CT molecular complexity index is 996. The summed E-state index contributed by atoms with van der Waals surface area (Å²) in [5, 5.41) is 5.58. The summed E-state index contributed by atoms with van der Waals surface area (Å²) >= 11 is 5.87. The van der Waals surface area contributed by atoms with Crippen LogP contribution < -0.4 is 15.4 Å². The first-order chi connectivity index (χ1) is 13.3. The molecular weight excluding hydrogens is 395 g/mol. The smallest absolute Gasteiger partial charge is 0.416 e. The van der Waals surface area contributed by atoms with E-state index in [4.69, 9.17) is 16.3 Å². The van der Waals surface area contributed by atoms with Gasteiger partial charge in [0.2, 0.25) is 5.88 Å². The van der Waals surface area contributed by atoms with Gasteiger partial charge in [-0.3, -0.25) is 0 Å². The van der Waals surface area contributed by atoms with Gasteiger partial charge in [0.15, 0.2) is 0 Å². The molecule has 28 heavy (non-hydrogen) atoms. The van der Waals surface area contributed by atoms with E-state index in [0.29, 0.717) is 10.7 Å². The van der Waals surface area contributed by atoms with E-state index in [1.54, 1.807) is 30.3 Å². The van der Waals surface area contributed by atoms with Crippen molar-refractivity contribution in [2.75, 3.05) is 10.6 Å². The molecule has 0 atom stereocenters. The molecule has 9 heteroatoms. The number of hydrogen-bond donors (Lipinski definition) is 2. The average Bonchev–Trinajstić information content (AvgIpc) is 2.63. The van der Waals surface area contributed by atoms with E-state index in [1.807, 2.05) is 0 Å². The number of aromatic nitrogens is 1. The van der Waals surface area contributed by atoms with E-state index in [2.05, 4.69) is 15.6 Å². The number of benzene rings is 2. The van der Waals surface area contributed by atoms with Crippen molar-refractivity contribution in [1.29, 1.82) is 0 Å². The summed E-state index contributed by atoms with van der Waals surface area (Å²) in [5.74, 6) is -0.116. The lowest BCUT2D eigenvalue weighted by molar-refractivity contribution is -0.137. The number of anilines is 2. The molecule has 0 saturated heterocycles. The van der Waals surface area contributed by atoms with Gasteiger partial charge >= 0.3 is 12.2 Å². The van der Waals surface area contributed by atoms with Crippen molar-refractivity contribution >= 4 is 29.0 Å². The van der Waals surface area contributed by atoms with Crippen LogP contribution in [-0.2, 0) is 6.18 Å². The van der Waals surface area contributed by atoms with Gasteiger partial charge in [-0.15, -0.1) is 0 Å². The Labute approximate surface area is 163 Å². The SMILES string of the molecule is O=C(Nc1cccc(Cl)c1)Nc1cccnc1Oc1cccc(C(F)(F)F)c1. The molecule has 1 heterocycles. The van der Waals surface area contributed by atoms with Gasteiger partial charge in [-0.2, -0.15) is 13.2 Å². The predicted molar refractivity (Wildman–Crippen MR) is 99.8 cm³/mol. The number of urea groups is 1. The monoisotopic (exact) mass is 407 g/mol. The third-order valence-electron chi connectivity index (χ3n) is 3.48. The number of carbonyl (C=O) groups is 1. The van der Waals surface area contributed by atoms with Gasteiger partial charge in [-0.05, 0) is 48.5 Å². The molecule has 0 fully saturated rings. The minimum Gasteiger partial charge on any atom is -0.437 e. The zero-order valence-corrected chi connectivity index (χ0v) is 14.9. The van der Waals surface area contributed by atoms with Crippen molar-refractivity contribution in [2.45, 2.75) is 6.18 Å². The molecule has 3 aromatic rings. The van der Waals surface area contributed by atoms with E-state index in [1.165, 1.54) is 24.4 Å². The molecule has 5 nitrogen and oxygen atoms in total. The normalized spacial score (nSPS) is 11.0. The number of halogens is 4. The molecular formula is C19H13ClF3N3O2. The van der Waals surface area contributed by atoms with Crippen LogP contribution in [0.3, 0.4) is 0 Å². The fourth-order valence-electron chi connectivity index (χ4n) is 2.27. The molecule has 0 aliphatic carbocycles. The van der Waals surface area contributed by atoms with Crippen LogP contribution in [0.2, 0.25) is 5.02 Å². The van der Waals surface area contributed by atoms with Crippen LogP contribution in [0.15, 0.2) is 66.9 Å². The van der Waals surface area contributed by atoms with Crippen LogP contribution >= 0.6 is 11.6 Å². The number of ether oxygens (including phenoxy) is 1. The highest BCUT2D eigenvalue weighted by molar-refractivity contribution is 6.30. The van der Waals surface area contributed by atoms with Crippen LogP contribution in [0, 0.1) is 0 Å². The molecule has 0 aliphatic heterocycles. The third-order valence-corrected chi connectivity index (χ3v) is 3.71. The Kier molecular flexibility index (Phi) is 5.70. The summed E-state index contributed by atoms with van der Waals surface area (Å²) in [5.41, 5.74) is -0.206. The second-order valence-electron chi connectivity index (χ2n) is 5.57. The van der Waals surface area contributed by atoms with Gasteiger partial charge in [0, 0.05) is 16.9 Å². The lowest BCUT2D eigenvalue weighted by Gasteiger charge is -2.13. The predicted octanol–water partition coefficient (Wildman–Crippen LogP) is 6.19. The minimum absolute atomic E-state index is 0.0527. The Balaban J connectivity index is 1.75. The van der Waals surface area contributed by atoms with Crippen molar-refractivity contribution in [3.63, 3.8) is 0 Å². The average molecular weight is 408 g/mol. The Morgan fingerprint density at radius 3 is 2.54 bits per heavy atom. The summed E-state index contributed by atoms with van der Waals surface area (Å²) in [6.07, 6.45) is -3.11. The van der Waals surface area contributed by atoms with Gasteiger partial charge in [0.25, 0.3) is 0 Å². The molecule has 0 aliphatic rings. The second kappa shape index (κ2) is 8.18. The molecule has 0 saturated carbocycles. The van der Waals surface area contributed by atoms with Crippen LogP contribution in [0.5, 0.6) is 11.6 Å². The molecule has 3 rings (SSSR count). The minimum atomic E-state index is -4.50. The van der Waals surface area contributed by atoms with Crippen molar-refractivity contribution < 1.29 is 22.7 Å². The first-order valence-electron chi connectivity index (χ1n) is 7.95. The van der Waals surface area contributed by atoms with Crippen molar-refractivity contribution in [3.8, 4) is 11.6 Å². The van der Waals surface area contributed by atoms with Gasteiger partial charge in [-0.25, -0.2) is 9.78 Å². The Hall–Kier alpha value is -3.26. The summed E-state index contributed by atoms with van der Waals surface area (Å²) in [6.45, 7) is 0. The number of pyridine rings is 1. The summed E-state index contributed by atoms with van der Waals surface area (Å²) < 4.78 is 44.0. The van der Waals surface area contributed by atoms with Gasteiger partial charge in [0.05, 0.1) is 5.56 Å². The number of nitrogens with zero attached hydrogens (tertiary/aromatic N) is 1. The topological polar surface area (TPSA) is 63.2 Å². The van der Waals surface area contributed by atoms with E-state index >= 15 is 0 Å². The molecule has 144 valence electrons. The van der Waals surface area contributed by atoms with Crippen LogP contribution in [-0.4, -0.2) is 11.0 Å². The maximum Gasteiger partial charge on any atom is 0.416 e. The lowest BCUT2D eigenvalue weighted by atomic mass is 10.2. The quantitative estimate of drug-likeness (QED) is 0.542. The molecule has 0 bridgehead atoms. The van der Waals surface area contributed by atoms with Crippen LogP contribution in [0.25, 0.3) is 0 Å². The molecule has 2 amide bonds. The lowest BCUT2D eigenvalue weighted by Crippen LogP contribution is -2.19. The fourth-order valence-corrected chi connectivity index (χ4v) is 2.46. The molecule has 2 N–H and O–H groups in total. The van der Waals surface area contributed by atoms with Crippen molar-refractivity contribution in [3.05, 3.63) is 77.4 Å². The standard InChI is InChI=1S/C19H13ClF3N3O2/c20-13-5-2-6-14(11-13)25-18(27)26-16-8-3-9-24-17(16)28-15-7-1-4-12(10-15)19(21,22)23/h1-11H,(H2,25,26,27). The highest BCUT2D eigenvalue weighted by atomic mass is 35.5. The number of nitrogens with one attached hydrogen (secondary N) is 2. The fraction of sp³-hybridized carbons (Fsp3) is 0.0526. The maximum atomic E-state index is 12.8. The van der Waals surface area contributed by atoms with E-state index in [9.17, 15) is 18.0 Å². The summed E-state index contributed by atoms with van der Waals surface area (Å²) in [4.78, 5) is 16.2. The number of rotatable bonds is 4. The summed E-state index contributed by atoms with van der Waals surface area (Å²) in [7, 11) is 0. The molecule has 0 unspecified atom stereocenters. The van der Waals surface area contributed by atoms with Gasteiger partial charge in [-0.1, -0.05) is 23.7 Å². The van der Waals surface area contributed by atoms with E-state index < -0.39 is 17.8 Å². The summed E-state index contributed by atoms with van der Waals surface area (Å²) in [6, 6.07) is 13.4. The number of alkyl halides is 3. The maximum absolute atomic E-state index is 12.8. The third kappa shape index (κ3) is 5.14. The zero-order valence-electron chi connectivity index (χ0n) is 14.1. The van der Waals surface area contributed by atoms with Gasteiger partial charge in [0.1, 0.15) is 11.4 Å². The number of carbonyl (C=O) groups excluding carboxylic acids is 1. The number of amides is 2. The molecule has 2 aromatic carbocycles. The van der Waals surface area contributed by atoms with E-state index in [-0.39, 0.29) is 17.3 Å². The van der Waals surface area contributed by atoms with Gasteiger partial charge < -0.3 is 15.4 Å². The largest absolute Gasteiger partial charge is 0.437 e.